The third-order valence-electron chi connectivity index (χ3n) is 6.67. The molecule has 0 amide bonds. The van der Waals surface area contributed by atoms with E-state index >= 15 is 0 Å². The summed E-state index contributed by atoms with van der Waals surface area (Å²) in [7, 11) is 0. The molecule has 0 fully saturated rings. The van der Waals surface area contributed by atoms with Crippen molar-refractivity contribution in [3.63, 3.8) is 0 Å². The van der Waals surface area contributed by atoms with Gasteiger partial charge in [-0.05, 0) is 47.0 Å². The second-order valence-electron chi connectivity index (χ2n) is 9.19. The second kappa shape index (κ2) is 11.1. The van der Waals surface area contributed by atoms with Gasteiger partial charge in [0, 0.05) is 22.4 Å². The predicted molar refractivity (Wildman–Crippen MR) is 162 cm³/mol. The summed E-state index contributed by atoms with van der Waals surface area (Å²) >= 11 is 7.47. The normalized spacial score (nSPS) is 15.2. The molecule has 0 aliphatic carbocycles. The number of hydrazone groups is 1. The van der Waals surface area contributed by atoms with Gasteiger partial charge in [0.25, 0.3) is 0 Å². The van der Waals surface area contributed by atoms with E-state index in [0.29, 0.717) is 15.6 Å². The summed E-state index contributed by atoms with van der Waals surface area (Å²) in [5.74, 6) is 0. The lowest BCUT2D eigenvalue weighted by molar-refractivity contribution is 0.709. The molecule has 0 N–H and O–H groups in total. The van der Waals surface area contributed by atoms with Crippen LogP contribution in [0.5, 0.6) is 0 Å². The third kappa shape index (κ3) is 5.39. The van der Waals surface area contributed by atoms with Crippen molar-refractivity contribution in [2.24, 2.45) is 5.10 Å². The Kier molecular flexibility index (Phi) is 7.05. The number of allylic oxidation sites excluding steroid dienone is 1. The molecule has 5 aromatic rings. The van der Waals surface area contributed by atoms with E-state index in [1.807, 2.05) is 72.1 Å². The lowest BCUT2D eigenvalue weighted by Crippen LogP contribution is -2.18. The maximum Gasteiger partial charge on any atom is 0.134 e. The molecule has 6 rings (SSSR count). The number of nitriles is 1. The number of rotatable bonds is 6. The van der Waals surface area contributed by atoms with E-state index in [1.165, 1.54) is 16.9 Å². The van der Waals surface area contributed by atoms with Crippen LogP contribution in [0.1, 0.15) is 34.2 Å². The highest BCUT2D eigenvalue weighted by Crippen LogP contribution is 2.37. The van der Waals surface area contributed by atoms with Gasteiger partial charge in [-0.15, -0.1) is 11.3 Å². The van der Waals surface area contributed by atoms with Gasteiger partial charge in [0.2, 0.25) is 0 Å². The molecule has 0 saturated carbocycles. The Balaban J connectivity index is 1.28. The zero-order valence-electron chi connectivity index (χ0n) is 20.9. The molecule has 1 aliphatic heterocycles. The minimum Gasteiger partial charge on any atom is -0.257 e. The maximum absolute atomic E-state index is 9.89. The van der Waals surface area contributed by atoms with Crippen molar-refractivity contribution in [1.29, 1.82) is 5.26 Å². The van der Waals surface area contributed by atoms with Crippen LogP contribution in [0.25, 0.3) is 22.9 Å². The van der Waals surface area contributed by atoms with Crippen molar-refractivity contribution in [2.75, 3.05) is 5.01 Å². The Morgan fingerprint density at radius 3 is 2.26 bits per heavy atom. The van der Waals surface area contributed by atoms with Crippen LogP contribution >= 0.6 is 22.9 Å². The lowest BCUT2D eigenvalue weighted by Gasteiger charge is -2.24. The quantitative estimate of drug-likeness (QED) is 0.201. The van der Waals surface area contributed by atoms with E-state index < -0.39 is 0 Å². The number of aromatic nitrogens is 1. The molecule has 4 nitrogen and oxygen atoms in total. The first-order chi connectivity index (χ1) is 19.2. The molecule has 1 unspecified atom stereocenters. The highest BCUT2D eigenvalue weighted by Gasteiger charge is 2.29. The van der Waals surface area contributed by atoms with Crippen LogP contribution in [-0.2, 0) is 0 Å². The number of hydrogen-bond acceptors (Lipinski definition) is 5. The highest BCUT2D eigenvalue weighted by atomic mass is 35.5. The van der Waals surface area contributed by atoms with E-state index in [1.54, 1.807) is 0 Å². The monoisotopic (exact) mass is 542 g/mol. The first kappa shape index (κ1) is 24.8. The molecule has 0 spiro atoms. The number of nitrogens with zero attached hydrogens (tertiary/aromatic N) is 4. The average Bonchev–Trinajstić information content (AvgIpc) is 3.66. The van der Waals surface area contributed by atoms with Crippen LogP contribution in [0.15, 0.2) is 120 Å². The molecule has 6 heteroatoms. The first-order valence-corrected chi connectivity index (χ1v) is 13.8. The van der Waals surface area contributed by atoms with Crippen molar-refractivity contribution < 1.29 is 0 Å². The van der Waals surface area contributed by atoms with Gasteiger partial charge in [-0.3, -0.25) is 5.01 Å². The molecular formula is C33H23ClN4S. The highest BCUT2D eigenvalue weighted by molar-refractivity contribution is 7.11. The van der Waals surface area contributed by atoms with Gasteiger partial charge in [0.1, 0.15) is 11.1 Å². The van der Waals surface area contributed by atoms with Gasteiger partial charge >= 0.3 is 0 Å². The van der Waals surface area contributed by atoms with Crippen LogP contribution in [0.2, 0.25) is 5.02 Å². The summed E-state index contributed by atoms with van der Waals surface area (Å²) in [5, 5.41) is 20.4. The Bertz CT molecular complexity index is 1680. The molecule has 39 heavy (non-hydrogen) atoms. The molecule has 0 saturated heterocycles. The van der Waals surface area contributed by atoms with Crippen molar-refractivity contribution in [3.8, 4) is 17.3 Å². The minimum absolute atomic E-state index is 0.110. The number of benzene rings is 4. The van der Waals surface area contributed by atoms with E-state index in [-0.39, 0.29) is 6.04 Å². The molecule has 1 atom stereocenters. The fourth-order valence-corrected chi connectivity index (χ4v) is 5.59. The van der Waals surface area contributed by atoms with Crippen LogP contribution < -0.4 is 5.01 Å². The number of halogens is 1. The molecule has 1 aromatic heterocycles. The SMILES string of the molecule is N#CC(=Cc1ccc(N2N=C(c3ccccc3)CC2c2ccccc2)cc1)c1nc(-c2ccc(Cl)cc2)cs1. The molecular weight excluding hydrogens is 520 g/mol. The molecule has 1 aliphatic rings. The summed E-state index contributed by atoms with van der Waals surface area (Å²) in [4.78, 5) is 4.70. The van der Waals surface area contributed by atoms with Crippen LogP contribution in [0.4, 0.5) is 5.69 Å². The molecule has 0 radical (unpaired) electrons. The minimum atomic E-state index is 0.110. The summed E-state index contributed by atoms with van der Waals surface area (Å²) in [6.45, 7) is 0. The second-order valence-corrected chi connectivity index (χ2v) is 10.5. The number of thiazole rings is 1. The standard InChI is InChI=1S/C33H23ClN4S/c34-28-15-13-25(14-16-28)31-22-39-33(36-31)27(21-35)19-23-11-17-29(18-12-23)38-32(26-9-5-2-6-10-26)20-30(37-38)24-7-3-1-4-8-24/h1-19,22,32H,20H2. The van der Waals surface area contributed by atoms with Gasteiger partial charge in [-0.25, -0.2) is 4.98 Å². The summed E-state index contributed by atoms with van der Waals surface area (Å²) in [6, 6.07) is 39.0. The Morgan fingerprint density at radius 2 is 1.56 bits per heavy atom. The fraction of sp³-hybridized carbons (Fsp3) is 0.0606. The van der Waals surface area contributed by atoms with Gasteiger partial charge in [0.05, 0.1) is 28.7 Å². The van der Waals surface area contributed by atoms with Crippen molar-refractivity contribution in [2.45, 2.75) is 12.5 Å². The van der Waals surface area contributed by atoms with E-state index in [0.717, 1.165) is 40.2 Å². The summed E-state index contributed by atoms with van der Waals surface area (Å²) in [6.07, 6.45) is 2.71. The third-order valence-corrected chi connectivity index (χ3v) is 7.79. The van der Waals surface area contributed by atoms with E-state index in [4.69, 9.17) is 21.7 Å². The molecule has 0 bridgehead atoms. The topological polar surface area (TPSA) is 52.3 Å². The largest absolute Gasteiger partial charge is 0.257 e. The predicted octanol–water partition coefficient (Wildman–Crippen LogP) is 8.88. The van der Waals surface area contributed by atoms with Gasteiger partial charge in [-0.1, -0.05) is 96.5 Å². The van der Waals surface area contributed by atoms with E-state index in [9.17, 15) is 5.26 Å². The van der Waals surface area contributed by atoms with Crippen LogP contribution in [-0.4, -0.2) is 10.7 Å². The Hall–Kier alpha value is -4.50. The van der Waals surface area contributed by atoms with Crippen LogP contribution in [0.3, 0.4) is 0 Å². The smallest absolute Gasteiger partial charge is 0.134 e. The van der Waals surface area contributed by atoms with Crippen molar-refractivity contribution in [3.05, 3.63) is 141 Å². The molecule has 188 valence electrons. The maximum atomic E-state index is 9.89. The Labute approximate surface area is 236 Å². The zero-order chi connectivity index (χ0) is 26.6. The summed E-state index contributed by atoms with van der Waals surface area (Å²) in [5.41, 5.74) is 7.70. The van der Waals surface area contributed by atoms with E-state index in [2.05, 4.69) is 59.6 Å². The van der Waals surface area contributed by atoms with Crippen molar-refractivity contribution in [1.82, 2.24) is 4.98 Å². The van der Waals surface area contributed by atoms with Gasteiger partial charge in [-0.2, -0.15) is 10.4 Å². The van der Waals surface area contributed by atoms with Crippen molar-refractivity contribution >= 4 is 46.0 Å². The summed E-state index contributed by atoms with van der Waals surface area (Å²) < 4.78 is 0. The first-order valence-electron chi connectivity index (χ1n) is 12.6. The number of anilines is 1. The molecule has 4 aromatic carbocycles. The van der Waals surface area contributed by atoms with Crippen LogP contribution in [0, 0.1) is 11.3 Å². The average molecular weight is 543 g/mol. The zero-order valence-corrected chi connectivity index (χ0v) is 22.5. The fourth-order valence-electron chi connectivity index (χ4n) is 4.67. The number of hydrogen-bond donors (Lipinski definition) is 0. The van der Waals surface area contributed by atoms with Gasteiger partial charge in [0.15, 0.2) is 0 Å². The Morgan fingerprint density at radius 1 is 0.872 bits per heavy atom. The molecule has 2 heterocycles. The van der Waals surface area contributed by atoms with Gasteiger partial charge < -0.3 is 0 Å². The lowest BCUT2D eigenvalue weighted by atomic mass is 9.98.